The van der Waals surface area contributed by atoms with Crippen molar-refractivity contribution in [3.05, 3.63) is 61.6 Å². The zero-order valence-electron chi connectivity index (χ0n) is 21.2. The van der Waals surface area contributed by atoms with Gasteiger partial charge >= 0.3 is 0 Å². The van der Waals surface area contributed by atoms with Gasteiger partial charge in [0.1, 0.15) is 11.5 Å². The first-order chi connectivity index (χ1) is 17.6. The summed E-state index contributed by atoms with van der Waals surface area (Å²) in [4.78, 5) is 32.3. The van der Waals surface area contributed by atoms with Gasteiger partial charge in [-0.3, -0.25) is 14.7 Å². The zero-order valence-corrected chi connectivity index (χ0v) is 23.5. The predicted molar refractivity (Wildman–Crippen MR) is 149 cm³/mol. The van der Waals surface area contributed by atoms with Crippen LogP contribution in [0.3, 0.4) is 0 Å². The number of aliphatic imine (C=N–C) groups is 1. The Bertz CT molecular complexity index is 1330. The van der Waals surface area contributed by atoms with E-state index in [9.17, 15) is 4.79 Å². The SMILES string of the molecule is CN(C)C(=O)C(N)=C(Cl)C1=NCCCN(c2nc(Cl)nc3c2CN(C)[C@@]2(CCc4c(Cl)cccc42)C3)C1. The number of fused-ring (bicyclic) bond motifs is 3. The highest BCUT2D eigenvalue weighted by Gasteiger charge is 2.47. The zero-order chi connectivity index (χ0) is 26.5. The largest absolute Gasteiger partial charge is 0.393 e. The number of rotatable bonds is 3. The van der Waals surface area contributed by atoms with Crippen LogP contribution in [0.5, 0.6) is 0 Å². The van der Waals surface area contributed by atoms with Crippen LogP contribution in [-0.4, -0.2) is 72.2 Å². The van der Waals surface area contributed by atoms with Crippen LogP contribution < -0.4 is 10.6 Å². The molecule has 1 amide bonds. The van der Waals surface area contributed by atoms with E-state index < -0.39 is 0 Å². The van der Waals surface area contributed by atoms with E-state index in [1.807, 2.05) is 12.1 Å². The summed E-state index contributed by atoms with van der Waals surface area (Å²) in [5.74, 6) is 0.424. The molecule has 0 saturated carbocycles. The van der Waals surface area contributed by atoms with E-state index in [0.29, 0.717) is 31.9 Å². The van der Waals surface area contributed by atoms with E-state index in [1.54, 1.807) is 14.1 Å². The summed E-state index contributed by atoms with van der Waals surface area (Å²) in [6.07, 6.45) is 3.43. The van der Waals surface area contributed by atoms with Crippen molar-refractivity contribution >= 4 is 52.2 Å². The molecule has 0 radical (unpaired) electrons. The second-order valence-corrected chi connectivity index (χ2v) is 11.2. The van der Waals surface area contributed by atoms with Gasteiger partial charge in [0.25, 0.3) is 5.91 Å². The van der Waals surface area contributed by atoms with Crippen molar-refractivity contribution < 1.29 is 4.79 Å². The van der Waals surface area contributed by atoms with Gasteiger partial charge in [-0.2, -0.15) is 0 Å². The van der Waals surface area contributed by atoms with Crippen LogP contribution in [0.2, 0.25) is 10.3 Å². The lowest BCUT2D eigenvalue weighted by Crippen LogP contribution is -2.48. The lowest BCUT2D eigenvalue weighted by molar-refractivity contribution is -0.124. The molecule has 3 heterocycles. The summed E-state index contributed by atoms with van der Waals surface area (Å²) < 4.78 is 0. The fourth-order valence-corrected chi connectivity index (χ4v) is 6.40. The average Bonchev–Trinajstić information content (AvgIpc) is 3.06. The Hall–Kier alpha value is -2.39. The Kier molecular flexibility index (Phi) is 7.13. The van der Waals surface area contributed by atoms with Gasteiger partial charge in [-0.15, -0.1) is 0 Å². The van der Waals surface area contributed by atoms with Crippen LogP contribution in [0.25, 0.3) is 0 Å². The second kappa shape index (κ2) is 10.1. The minimum atomic E-state index is -0.352. The molecule has 11 heteroatoms. The van der Waals surface area contributed by atoms with Gasteiger partial charge in [0.05, 0.1) is 28.5 Å². The molecule has 8 nitrogen and oxygen atoms in total. The molecule has 196 valence electrons. The fraction of sp³-hybridized carbons (Fsp3) is 0.462. The second-order valence-electron chi connectivity index (χ2n) is 10.1. The van der Waals surface area contributed by atoms with Crippen molar-refractivity contribution in [3.63, 3.8) is 0 Å². The summed E-state index contributed by atoms with van der Waals surface area (Å²) >= 11 is 19.6. The summed E-state index contributed by atoms with van der Waals surface area (Å²) in [5, 5.41) is 1.21. The van der Waals surface area contributed by atoms with Crippen molar-refractivity contribution in [2.24, 2.45) is 10.7 Å². The summed E-state index contributed by atoms with van der Waals surface area (Å²) in [5.41, 5.74) is 10.9. The third-order valence-electron chi connectivity index (χ3n) is 7.69. The highest BCUT2D eigenvalue weighted by atomic mass is 35.5. The van der Waals surface area contributed by atoms with Gasteiger partial charge in [-0.1, -0.05) is 35.3 Å². The van der Waals surface area contributed by atoms with Crippen molar-refractivity contribution in [2.45, 2.75) is 37.8 Å². The third-order valence-corrected chi connectivity index (χ3v) is 8.64. The maximum atomic E-state index is 12.4. The predicted octanol–water partition coefficient (Wildman–Crippen LogP) is 3.76. The molecule has 2 aliphatic heterocycles. The molecule has 1 spiro atoms. The molecular formula is C26H30Cl3N7O. The lowest BCUT2D eigenvalue weighted by Gasteiger charge is -2.44. The Morgan fingerprint density at radius 1 is 1.16 bits per heavy atom. The number of hydrogen-bond donors (Lipinski definition) is 1. The first-order valence-electron chi connectivity index (χ1n) is 12.3. The van der Waals surface area contributed by atoms with E-state index in [1.165, 1.54) is 16.0 Å². The number of nitrogens with two attached hydrogens (primary N) is 1. The monoisotopic (exact) mass is 561 g/mol. The van der Waals surface area contributed by atoms with Gasteiger partial charge in [-0.25, -0.2) is 9.97 Å². The van der Waals surface area contributed by atoms with E-state index in [2.05, 4.69) is 32.9 Å². The quantitative estimate of drug-likeness (QED) is 0.453. The molecule has 0 bridgehead atoms. The van der Waals surface area contributed by atoms with Crippen molar-refractivity contribution in [2.75, 3.05) is 45.7 Å². The van der Waals surface area contributed by atoms with Crippen LogP contribution in [0.15, 0.2) is 33.9 Å². The number of amides is 1. The van der Waals surface area contributed by atoms with Crippen LogP contribution in [0.4, 0.5) is 5.82 Å². The molecule has 1 atom stereocenters. The number of carbonyl (C=O) groups excluding carboxylic acids is 1. The number of anilines is 1. The van der Waals surface area contributed by atoms with E-state index in [4.69, 9.17) is 45.5 Å². The van der Waals surface area contributed by atoms with Crippen molar-refractivity contribution in [3.8, 4) is 0 Å². The summed E-state index contributed by atoms with van der Waals surface area (Å²) in [6.45, 7) is 2.33. The summed E-state index contributed by atoms with van der Waals surface area (Å²) in [7, 11) is 5.42. The van der Waals surface area contributed by atoms with Crippen molar-refractivity contribution in [1.29, 1.82) is 0 Å². The lowest BCUT2D eigenvalue weighted by atomic mass is 9.81. The van der Waals surface area contributed by atoms with Crippen LogP contribution >= 0.6 is 34.8 Å². The number of nitrogens with zero attached hydrogens (tertiary/aromatic N) is 6. The van der Waals surface area contributed by atoms with Gasteiger partial charge in [0.15, 0.2) is 0 Å². The molecule has 5 rings (SSSR count). The van der Waals surface area contributed by atoms with E-state index >= 15 is 0 Å². The number of aromatic nitrogens is 2. The molecule has 3 aliphatic rings. The molecular weight excluding hydrogens is 533 g/mol. The molecule has 37 heavy (non-hydrogen) atoms. The van der Waals surface area contributed by atoms with Crippen LogP contribution in [0.1, 0.15) is 35.2 Å². The fourth-order valence-electron chi connectivity index (χ4n) is 5.75. The van der Waals surface area contributed by atoms with Gasteiger partial charge in [-0.05, 0) is 55.1 Å². The third kappa shape index (κ3) is 4.58. The van der Waals surface area contributed by atoms with E-state index in [0.717, 1.165) is 47.8 Å². The van der Waals surface area contributed by atoms with Crippen LogP contribution in [0, 0.1) is 0 Å². The van der Waals surface area contributed by atoms with Gasteiger partial charge in [0.2, 0.25) is 5.28 Å². The smallest absolute Gasteiger partial charge is 0.270 e. The van der Waals surface area contributed by atoms with Gasteiger partial charge in [0, 0.05) is 50.7 Å². The standard InChI is InChI=1S/C26H30Cl3N7O/c1-34(2)24(37)22(30)21(28)20-14-36(11-5-10-31-20)23-16-13-35(3)26(12-19(16)32-25(29)33-23)9-8-15-17(26)6-4-7-18(15)27/h4,6-7H,5,8-14,30H2,1-3H3/t26-/m0/s1. The van der Waals surface area contributed by atoms with E-state index in [-0.39, 0.29) is 27.5 Å². The highest BCUT2D eigenvalue weighted by Crippen LogP contribution is 2.49. The number of benzene rings is 1. The number of halogens is 3. The molecule has 0 unspecified atom stereocenters. The molecule has 0 fully saturated rings. The topological polar surface area (TPSA) is 90.9 Å². The first kappa shape index (κ1) is 26.2. The molecule has 1 aliphatic carbocycles. The van der Waals surface area contributed by atoms with Gasteiger partial charge < -0.3 is 15.5 Å². The molecule has 2 N–H and O–H groups in total. The maximum Gasteiger partial charge on any atom is 0.270 e. The first-order valence-corrected chi connectivity index (χ1v) is 13.5. The molecule has 0 saturated heterocycles. The normalized spacial score (nSPS) is 22.2. The maximum absolute atomic E-state index is 12.4. The Morgan fingerprint density at radius 3 is 2.70 bits per heavy atom. The summed E-state index contributed by atoms with van der Waals surface area (Å²) in [6, 6.07) is 6.17. The van der Waals surface area contributed by atoms with Crippen LogP contribution in [-0.2, 0) is 29.7 Å². The Balaban J connectivity index is 1.51. The minimum Gasteiger partial charge on any atom is -0.393 e. The molecule has 1 aromatic heterocycles. The number of carbonyl (C=O) groups is 1. The Morgan fingerprint density at radius 2 is 1.95 bits per heavy atom. The minimum absolute atomic E-state index is 0.0183. The Labute approximate surface area is 232 Å². The number of likely N-dealkylation sites (N-methyl/N-ethyl adjacent to an activating group) is 2. The molecule has 1 aromatic carbocycles. The number of hydrogen-bond acceptors (Lipinski definition) is 7. The van der Waals surface area contributed by atoms with Crippen molar-refractivity contribution in [1.82, 2.24) is 19.8 Å². The molecule has 2 aromatic rings. The highest BCUT2D eigenvalue weighted by molar-refractivity contribution is 6.45. The average molecular weight is 563 g/mol.